The Balaban J connectivity index is 2.60. The van der Waals surface area contributed by atoms with E-state index in [-0.39, 0.29) is 12.5 Å². The highest BCUT2D eigenvalue weighted by atomic mass is 19.4. The number of aromatic nitrogens is 1. The smallest absolute Gasteiger partial charge is 0.396 e. The van der Waals surface area contributed by atoms with Crippen LogP contribution in [0.15, 0.2) is 24.3 Å². The molecule has 0 fully saturated rings. The molecule has 0 aliphatic heterocycles. The van der Waals surface area contributed by atoms with Gasteiger partial charge in [0.2, 0.25) is 0 Å². The predicted molar refractivity (Wildman–Crippen MR) is 63.4 cm³/mol. The summed E-state index contributed by atoms with van der Waals surface area (Å²) >= 11 is 0. The van der Waals surface area contributed by atoms with Gasteiger partial charge in [-0.2, -0.15) is 13.2 Å². The molecule has 1 unspecified atom stereocenters. The van der Waals surface area contributed by atoms with Gasteiger partial charge in [-0.15, -0.1) is 0 Å². The third-order valence-corrected chi connectivity index (χ3v) is 3.19. The Morgan fingerprint density at radius 2 is 1.94 bits per heavy atom. The number of hydrogen-bond acceptors (Lipinski definition) is 1. The van der Waals surface area contributed by atoms with Crippen molar-refractivity contribution in [2.75, 3.05) is 6.61 Å². The molecular formula is C13H14F3NO. The molecule has 0 aliphatic carbocycles. The zero-order valence-electron chi connectivity index (χ0n) is 10.1. The standard InChI is InChI=1S/C13H14F3NO/c1-8(7-18)11-5-9-3-4-10(13(14,15)16)6-12(9)17(11)2/h3-6,8,18H,7H2,1-2H3. The summed E-state index contributed by atoms with van der Waals surface area (Å²) in [5, 5.41) is 9.88. The van der Waals surface area contributed by atoms with Crippen LogP contribution in [-0.2, 0) is 13.2 Å². The molecule has 0 saturated carbocycles. The van der Waals surface area contributed by atoms with E-state index in [9.17, 15) is 13.2 Å². The molecule has 0 aliphatic rings. The first-order chi connectivity index (χ1) is 8.34. The maximum absolute atomic E-state index is 12.6. The molecule has 1 N–H and O–H groups in total. The summed E-state index contributed by atoms with van der Waals surface area (Å²) in [6.45, 7) is 1.80. The van der Waals surface area contributed by atoms with Crippen LogP contribution < -0.4 is 0 Å². The number of aryl methyl sites for hydroxylation is 1. The lowest BCUT2D eigenvalue weighted by atomic mass is 10.1. The molecule has 1 heterocycles. The summed E-state index contributed by atoms with van der Waals surface area (Å²) in [4.78, 5) is 0. The fraction of sp³-hybridized carbons (Fsp3) is 0.385. The van der Waals surface area contributed by atoms with Crippen LogP contribution in [0.3, 0.4) is 0 Å². The van der Waals surface area contributed by atoms with Gasteiger partial charge in [0, 0.05) is 24.2 Å². The van der Waals surface area contributed by atoms with Gasteiger partial charge in [0.05, 0.1) is 12.2 Å². The van der Waals surface area contributed by atoms with E-state index < -0.39 is 11.7 Å². The lowest BCUT2D eigenvalue weighted by Gasteiger charge is -2.10. The Labute approximate surface area is 103 Å². The third-order valence-electron chi connectivity index (χ3n) is 3.19. The molecule has 18 heavy (non-hydrogen) atoms. The normalized spacial score (nSPS) is 14.1. The van der Waals surface area contributed by atoms with Crippen LogP contribution in [0.4, 0.5) is 13.2 Å². The number of fused-ring (bicyclic) bond motifs is 1. The lowest BCUT2D eigenvalue weighted by molar-refractivity contribution is -0.137. The van der Waals surface area contributed by atoms with Crippen molar-refractivity contribution in [1.29, 1.82) is 0 Å². The van der Waals surface area contributed by atoms with Crippen molar-refractivity contribution < 1.29 is 18.3 Å². The van der Waals surface area contributed by atoms with Gasteiger partial charge >= 0.3 is 6.18 Å². The van der Waals surface area contributed by atoms with Crippen LogP contribution in [0, 0.1) is 0 Å². The van der Waals surface area contributed by atoms with Crippen molar-refractivity contribution in [3.05, 3.63) is 35.5 Å². The van der Waals surface area contributed by atoms with Gasteiger partial charge in [0.25, 0.3) is 0 Å². The van der Waals surface area contributed by atoms with E-state index in [1.807, 2.05) is 13.0 Å². The first-order valence-electron chi connectivity index (χ1n) is 5.62. The Bertz CT molecular complexity index is 571. The van der Waals surface area contributed by atoms with Gasteiger partial charge < -0.3 is 9.67 Å². The second kappa shape index (κ2) is 4.31. The summed E-state index contributed by atoms with van der Waals surface area (Å²) in [5.74, 6) is -0.100. The quantitative estimate of drug-likeness (QED) is 0.877. The molecule has 0 radical (unpaired) electrons. The molecule has 0 saturated heterocycles. The fourth-order valence-corrected chi connectivity index (χ4v) is 2.09. The second-order valence-corrected chi connectivity index (χ2v) is 4.48. The maximum Gasteiger partial charge on any atom is 0.416 e. The Morgan fingerprint density at radius 1 is 1.28 bits per heavy atom. The van der Waals surface area contributed by atoms with Crippen LogP contribution in [-0.4, -0.2) is 16.3 Å². The summed E-state index contributed by atoms with van der Waals surface area (Å²) in [7, 11) is 1.71. The topological polar surface area (TPSA) is 25.2 Å². The monoisotopic (exact) mass is 257 g/mol. The highest BCUT2D eigenvalue weighted by Gasteiger charge is 2.30. The fourth-order valence-electron chi connectivity index (χ4n) is 2.09. The number of hydrogen-bond donors (Lipinski definition) is 1. The lowest BCUT2D eigenvalue weighted by Crippen LogP contribution is -2.06. The van der Waals surface area contributed by atoms with Gasteiger partial charge in [-0.25, -0.2) is 0 Å². The summed E-state index contributed by atoms with van der Waals surface area (Å²) < 4.78 is 39.6. The number of nitrogens with zero attached hydrogens (tertiary/aromatic N) is 1. The van der Waals surface area contributed by atoms with Crippen molar-refractivity contribution in [2.45, 2.75) is 19.0 Å². The minimum atomic E-state index is -4.33. The van der Waals surface area contributed by atoms with E-state index in [1.165, 1.54) is 6.07 Å². The summed E-state index contributed by atoms with van der Waals surface area (Å²) in [5.41, 5.74) is 0.700. The van der Waals surface area contributed by atoms with E-state index in [1.54, 1.807) is 11.6 Å². The Hall–Kier alpha value is -1.49. The van der Waals surface area contributed by atoms with Crippen molar-refractivity contribution >= 4 is 10.9 Å². The minimum Gasteiger partial charge on any atom is -0.396 e. The molecule has 0 spiro atoms. The van der Waals surface area contributed by atoms with Crippen LogP contribution in [0.5, 0.6) is 0 Å². The predicted octanol–water partition coefficient (Wildman–Crippen LogP) is 3.29. The molecule has 0 amide bonds. The highest BCUT2D eigenvalue weighted by molar-refractivity contribution is 5.82. The van der Waals surface area contributed by atoms with Crippen molar-refractivity contribution in [1.82, 2.24) is 4.57 Å². The average molecular weight is 257 g/mol. The van der Waals surface area contributed by atoms with Crippen LogP contribution >= 0.6 is 0 Å². The zero-order valence-corrected chi connectivity index (χ0v) is 10.1. The van der Waals surface area contributed by atoms with E-state index in [0.29, 0.717) is 5.52 Å². The first-order valence-corrected chi connectivity index (χ1v) is 5.62. The second-order valence-electron chi connectivity index (χ2n) is 4.48. The van der Waals surface area contributed by atoms with Gasteiger partial charge in [0.1, 0.15) is 0 Å². The van der Waals surface area contributed by atoms with Crippen molar-refractivity contribution in [2.24, 2.45) is 7.05 Å². The van der Waals surface area contributed by atoms with Gasteiger partial charge in [-0.1, -0.05) is 13.0 Å². The number of benzene rings is 1. The molecule has 1 aromatic heterocycles. The number of rotatable bonds is 2. The van der Waals surface area contributed by atoms with Crippen LogP contribution in [0.1, 0.15) is 24.1 Å². The van der Waals surface area contributed by atoms with E-state index in [2.05, 4.69) is 0 Å². The SMILES string of the molecule is CC(CO)c1cc2ccc(C(F)(F)F)cc2n1C. The molecule has 0 bridgehead atoms. The average Bonchev–Trinajstić information content (AvgIpc) is 2.64. The molecule has 2 rings (SSSR count). The molecule has 1 atom stereocenters. The highest BCUT2D eigenvalue weighted by Crippen LogP contribution is 2.33. The van der Waals surface area contributed by atoms with Crippen molar-refractivity contribution in [3.63, 3.8) is 0 Å². The molecular weight excluding hydrogens is 243 g/mol. The molecule has 98 valence electrons. The first kappa shape index (κ1) is 13.0. The number of aliphatic hydroxyl groups is 1. The molecule has 1 aromatic carbocycles. The Kier molecular flexibility index (Phi) is 3.11. The molecule has 2 nitrogen and oxygen atoms in total. The van der Waals surface area contributed by atoms with Gasteiger partial charge in [0.15, 0.2) is 0 Å². The van der Waals surface area contributed by atoms with Crippen LogP contribution in [0.2, 0.25) is 0 Å². The van der Waals surface area contributed by atoms with Crippen LogP contribution in [0.25, 0.3) is 10.9 Å². The van der Waals surface area contributed by atoms with Crippen molar-refractivity contribution in [3.8, 4) is 0 Å². The summed E-state index contributed by atoms with van der Waals surface area (Å²) in [6, 6.07) is 5.50. The summed E-state index contributed by atoms with van der Waals surface area (Å²) in [6.07, 6.45) is -4.33. The zero-order chi connectivity index (χ0) is 13.5. The number of halogens is 3. The van der Waals surface area contributed by atoms with E-state index >= 15 is 0 Å². The number of alkyl halides is 3. The van der Waals surface area contributed by atoms with E-state index in [0.717, 1.165) is 23.2 Å². The van der Waals surface area contributed by atoms with E-state index in [4.69, 9.17) is 5.11 Å². The molecule has 2 aromatic rings. The van der Waals surface area contributed by atoms with Gasteiger partial charge in [-0.3, -0.25) is 0 Å². The number of aliphatic hydroxyl groups excluding tert-OH is 1. The largest absolute Gasteiger partial charge is 0.416 e. The Morgan fingerprint density at radius 3 is 2.50 bits per heavy atom. The third kappa shape index (κ3) is 2.10. The van der Waals surface area contributed by atoms with Gasteiger partial charge in [-0.05, 0) is 23.6 Å². The molecule has 5 heteroatoms. The maximum atomic E-state index is 12.6. The minimum absolute atomic E-state index is 0.0315.